The number of nitrogens with one attached hydrogen (secondary N) is 1. The molecule has 1 aromatic carbocycles. The van der Waals surface area contributed by atoms with E-state index in [0.717, 1.165) is 12.5 Å². The van der Waals surface area contributed by atoms with Gasteiger partial charge in [0.25, 0.3) is 0 Å². The summed E-state index contributed by atoms with van der Waals surface area (Å²) in [6, 6.07) is 6.96. The van der Waals surface area contributed by atoms with Crippen LogP contribution in [0.5, 0.6) is 0 Å². The third-order valence-electron chi connectivity index (χ3n) is 4.62. The molecule has 112 valence electrons. The van der Waals surface area contributed by atoms with Gasteiger partial charge in [0.05, 0.1) is 18.8 Å². The Balaban J connectivity index is 1.93. The minimum absolute atomic E-state index is 0.300. The first-order valence-electron chi connectivity index (χ1n) is 7.96. The molecular formula is C18H29NO. The van der Waals surface area contributed by atoms with Gasteiger partial charge in [-0.2, -0.15) is 0 Å². The normalized spacial score (nSPS) is 24.6. The predicted molar refractivity (Wildman–Crippen MR) is 85.1 cm³/mol. The molecule has 1 aliphatic carbocycles. The minimum atomic E-state index is 0.300. The number of ether oxygens (including phenoxy) is 1. The topological polar surface area (TPSA) is 21.3 Å². The Morgan fingerprint density at radius 2 is 1.90 bits per heavy atom. The second-order valence-corrected chi connectivity index (χ2v) is 6.42. The summed E-state index contributed by atoms with van der Waals surface area (Å²) in [5.74, 6) is 0.883. The van der Waals surface area contributed by atoms with E-state index in [-0.39, 0.29) is 0 Å². The first-order chi connectivity index (χ1) is 9.60. The zero-order chi connectivity index (χ0) is 14.5. The van der Waals surface area contributed by atoms with E-state index in [4.69, 9.17) is 4.74 Å². The maximum Gasteiger partial charge on any atom is 0.0665 e. The summed E-state index contributed by atoms with van der Waals surface area (Å²) in [5, 5.41) is 3.41. The number of rotatable bonds is 5. The molecule has 1 atom stereocenters. The Hall–Kier alpha value is -0.860. The molecule has 1 fully saturated rings. The summed E-state index contributed by atoms with van der Waals surface area (Å²) in [6.07, 6.45) is 5.55. The van der Waals surface area contributed by atoms with E-state index >= 15 is 0 Å². The van der Waals surface area contributed by atoms with Gasteiger partial charge in [-0.3, -0.25) is 0 Å². The van der Waals surface area contributed by atoms with Gasteiger partial charge in [0.2, 0.25) is 0 Å². The fraction of sp³-hybridized carbons (Fsp3) is 0.667. The lowest BCUT2D eigenvalue weighted by molar-refractivity contribution is 0.00874. The molecule has 2 rings (SSSR count). The maximum atomic E-state index is 6.17. The molecule has 20 heavy (non-hydrogen) atoms. The second kappa shape index (κ2) is 7.24. The number of likely N-dealkylation sites (N-methyl/N-ethyl adjacent to an activating group) is 1. The van der Waals surface area contributed by atoms with Gasteiger partial charge in [0.1, 0.15) is 0 Å². The van der Waals surface area contributed by atoms with Crippen molar-refractivity contribution in [2.24, 2.45) is 5.92 Å². The molecule has 0 spiro atoms. The summed E-state index contributed by atoms with van der Waals surface area (Å²) in [7, 11) is 2.03. The van der Waals surface area contributed by atoms with Crippen LogP contribution < -0.4 is 5.32 Å². The van der Waals surface area contributed by atoms with Gasteiger partial charge >= 0.3 is 0 Å². The van der Waals surface area contributed by atoms with Crippen molar-refractivity contribution in [1.29, 1.82) is 0 Å². The van der Waals surface area contributed by atoms with Gasteiger partial charge in [-0.15, -0.1) is 0 Å². The molecule has 1 unspecified atom stereocenters. The summed E-state index contributed by atoms with van der Waals surface area (Å²) in [4.78, 5) is 0. The molecule has 0 radical (unpaired) electrons. The Morgan fingerprint density at radius 3 is 2.55 bits per heavy atom. The van der Waals surface area contributed by atoms with E-state index in [1.54, 1.807) is 0 Å². The van der Waals surface area contributed by atoms with E-state index in [0.29, 0.717) is 12.1 Å². The van der Waals surface area contributed by atoms with Crippen molar-refractivity contribution in [3.8, 4) is 0 Å². The fourth-order valence-electron chi connectivity index (χ4n) is 3.09. The summed E-state index contributed by atoms with van der Waals surface area (Å²) < 4.78 is 6.17. The molecule has 1 aromatic rings. The first kappa shape index (κ1) is 15.5. The highest BCUT2D eigenvalue weighted by atomic mass is 16.5. The van der Waals surface area contributed by atoms with E-state index in [9.17, 15) is 0 Å². The zero-order valence-electron chi connectivity index (χ0n) is 13.4. The van der Waals surface area contributed by atoms with Crippen LogP contribution in [0.15, 0.2) is 18.2 Å². The van der Waals surface area contributed by atoms with Crippen LogP contribution in [-0.2, 0) is 4.74 Å². The molecule has 0 bridgehead atoms. The van der Waals surface area contributed by atoms with Crippen molar-refractivity contribution in [3.63, 3.8) is 0 Å². The van der Waals surface area contributed by atoms with Crippen LogP contribution >= 0.6 is 0 Å². The van der Waals surface area contributed by atoms with Crippen LogP contribution in [0.4, 0.5) is 0 Å². The number of hydrogen-bond acceptors (Lipinski definition) is 2. The molecule has 1 saturated carbocycles. The lowest BCUT2D eigenvalue weighted by Crippen LogP contribution is -2.28. The minimum Gasteiger partial charge on any atom is -0.376 e. The van der Waals surface area contributed by atoms with Crippen molar-refractivity contribution in [2.75, 3.05) is 13.7 Å². The van der Waals surface area contributed by atoms with Crippen LogP contribution in [-0.4, -0.2) is 19.8 Å². The Bertz CT molecular complexity index is 421. The van der Waals surface area contributed by atoms with Crippen molar-refractivity contribution < 1.29 is 4.74 Å². The highest BCUT2D eigenvalue weighted by Crippen LogP contribution is 2.27. The molecule has 0 heterocycles. The number of hydrogen-bond donors (Lipinski definition) is 1. The molecule has 1 aliphatic rings. The van der Waals surface area contributed by atoms with Gasteiger partial charge in [-0.1, -0.05) is 30.7 Å². The smallest absolute Gasteiger partial charge is 0.0665 e. The van der Waals surface area contributed by atoms with Gasteiger partial charge in [0, 0.05) is 0 Å². The summed E-state index contributed by atoms with van der Waals surface area (Å²) in [6.45, 7) is 7.46. The Labute approximate surface area is 123 Å². The first-order valence-corrected chi connectivity index (χ1v) is 7.96. The number of aryl methyl sites for hydroxylation is 2. The van der Waals surface area contributed by atoms with E-state index in [1.807, 2.05) is 7.05 Å². The van der Waals surface area contributed by atoms with Crippen molar-refractivity contribution in [3.05, 3.63) is 34.9 Å². The van der Waals surface area contributed by atoms with Gasteiger partial charge in [-0.05, 0) is 63.6 Å². The molecule has 2 heteroatoms. The van der Waals surface area contributed by atoms with Crippen LogP contribution in [0, 0.1) is 19.8 Å². The average Bonchev–Trinajstić information content (AvgIpc) is 2.45. The van der Waals surface area contributed by atoms with Crippen molar-refractivity contribution >= 4 is 0 Å². The quantitative estimate of drug-likeness (QED) is 0.871. The van der Waals surface area contributed by atoms with Gasteiger partial charge < -0.3 is 10.1 Å². The summed E-state index contributed by atoms with van der Waals surface area (Å²) in [5.41, 5.74) is 4.03. The molecule has 0 saturated heterocycles. The molecule has 0 amide bonds. The monoisotopic (exact) mass is 275 g/mol. The largest absolute Gasteiger partial charge is 0.376 e. The third-order valence-corrected chi connectivity index (χ3v) is 4.62. The highest BCUT2D eigenvalue weighted by molar-refractivity contribution is 5.33. The molecule has 0 aromatic heterocycles. The fourth-order valence-corrected chi connectivity index (χ4v) is 3.09. The standard InChI is InChI=1S/C18H29NO/c1-13-6-9-16(10-7-13)20-12-18(19-4)17-11-14(2)5-8-15(17)3/h5,8,11,13,16,18-19H,6-7,9-10,12H2,1-4H3. The van der Waals surface area contributed by atoms with Crippen LogP contribution in [0.1, 0.15) is 55.3 Å². The predicted octanol–water partition coefficient (Wildman–Crippen LogP) is 4.16. The third kappa shape index (κ3) is 4.07. The van der Waals surface area contributed by atoms with Crippen LogP contribution in [0.25, 0.3) is 0 Å². The van der Waals surface area contributed by atoms with E-state index in [2.05, 4.69) is 44.3 Å². The molecular weight excluding hydrogens is 246 g/mol. The Kier molecular flexibility index (Phi) is 5.62. The van der Waals surface area contributed by atoms with E-state index < -0.39 is 0 Å². The SMILES string of the molecule is CNC(COC1CCC(C)CC1)c1cc(C)ccc1C. The van der Waals surface area contributed by atoms with Gasteiger partial charge in [0.15, 0.2) is 0 Å². The lowest BCUT2D eigenvalue weighted by atomic mass is 9.89. The van der Waals surface area contributed by atoms with Crippen molar-refractivity contribution in [1.82, 2.24) is 5.32 Å². The Morgan fingerprint density at radius 1 is 1.20 bits per heavy atom. The van der Waals surface area contributed by atoms with Crippen LogP contribution in [0.3, 0.4) is 0 Å². The number of benzene rings is 1. The van der Waals surface area contributed by atoms with Gasteiger partial charge in [-0.25, -0.2) is 0 Å². The van der Waals surface area contributed by atoms with Crippen LogP contribution in [0.2, 0.25) is 0 Å². The van der Waals surface area contributed by atoms with E-state index in [1.165, 1.54) is 42.4 Å². The maximum absolute atomic E-state index is 6.17. The summed E-state index contributed by atoms with van der Waals surface area (Å²) >= 11 is 0. The second-order valence-electron chi connectivity index (χ2n) is 6.42. The van der Waals surface area contributed by atoms with Crippen molar-refractivity contribution in [2.45, 2.75) is 58.6 Å². The zero-order valence-corrected chi connectivity index (χ0v) is 13.4. The molecule has 0 aliphatic heterocycles. The molecule has 2 nitrogen and oxygen atoms in total. The molecule has 1 N–H and O–H groups in total. The average molecular weight is 275 g/mol. The lowest BCUT2D eigenvalue weighted by Gasteiger charge is -2.28. The highest BCUT2D eigenvalue weighted by Gasteiger charge is 2.20.